The van der Waals surface area contributed by atoms with Crippen molar-refractivity contribution >= 4 is 5.97 Å². The van der Waals surface area contributed by atoms with Crippen molar-refractivity contribution in [2.45, 2.75) is 25.6 Å². The summed E-state index contributed by atoms with van der Waals surface area (Å²) >= 11 is 0. The minimum Gasteiger partial charge on any atom is -0.456 e. The molecule has 0 spiro atoms. The van der Waals surface area contributed by atoms with E-state index in [1.165, 1.54) is 0 Å². The highest BCUT2D eigenvalue weighted by Gasteiger charge is 2.37. The number of cyclic esters (lactones) is 1. The van der Waals surface area contributed by atoms with Crippen LogP contribution in [0, 0.1) is 0 Å². The molecule has 0 aromatic rings. The van der Waals surface area contributed by atoms with Gasteiger partial charge in [-0.1, -0.05) is 19.6 Å². The zero-order valence-corrected chi connectivity index (χ0v) is 7.79. The topological polar surface area (TPSA) is 35.5 Å². The monoisotopic (exact) mass is 182 g/mol. The Bertz CT molecular complexity index is 232. The van der Waals surface area contributed by atoms with Gasteiger partial charge in [0.2, 0.25) is 0 Å². The maximum atomic E-state index is 11.1. The number of ether oxygens (including phenoxy) is 2. The van der Waals surface area contributed by atoms with E-state index in [1.807, 2.05) is 6.92 Å². The highest BCUT2D eigenvalue weighted by Crippen LogP contribution is 2.24. The molecule has 0 saturated carbocycles. The van der Waals surface area contributed by atoms with Crippen LogP contribution in [-0.4, -0.2) is 24.8 Å². The zero-order chi connectivity index (χ0) is 9.84. The van der Waals surface area contributed by atoms with E-state index in [0.29, 0.717) is 12.2 Å². The van der Waals surface area contributed by atoms with Gasteiger partial charge in [-0.05, 0) is 6.42 Å². The number of rotatable bonds is 4. The van der Waals surface area contributed by atoms with Crippen molar-refractivity contribution in [3.63, 3.8) is 0 Å². The molecule has 0 aromatic heterocycles. The first-order valence-electron chi connectivity index (χ1n) is 4.33. The number of esters is 1. The van der Waals surface area contributed by atoms with Crippen molar-refractivity contribution in [2.24, 2.45) is 0 Å². The maximum Gasteiger partial charge on any atom is 0.336 e. The van der Waals surface area contributed by atoms with Crippen molar-refractivity contribution in [1.82, 2.24) is 0 Å². The summed E-state index contributed by atoms with van der Waals surface area (Å²) in [4.78, 5) is 11.1. The van der Waals surface area contributed by atoms with Gasteiger partial charge < -0.3 is 9.47 Å². The molecule has 1 aliphatic rings. The second kappa shape index (κ2) is 4.23. The molecule has 1 saturated heterocycles. The van der Waals surface area contributed by atoms with Gasteiger partial charge in [0.25, 0.3) is 0 Å². The van der Waals surface area contributed by atoms with Gasteiger partial charge in [0.05, 0.1) is 12.2 Å². The highest BCUT2D eigenvalue weighted by atomic mass is 16.6. The van der Waals surface area contributed by atoms with E-state index in [2.05, 4.69) is 13.2 Å². The Morgan fingerprint density at radius 1 is 1.69 bits per heavy atom. The van der Waals surface area contributed by atoms with Crippen LogP contribution in [0.5, 0.6) is 0 Å². The zero-order valence-electron chi connectivity index (χ0n) is 7.79. The molecular weight excluding hydrogens is 168 g/mol. The SMILES string of the molecule is C=CCOC1C(=C)C(=O)O[C@H]1CC. The molecule has 1 fully saturated rings. The molecule has 2 atom stereocenters. The Morgan fingerprint density at radius 2 is 2.38 bits per heavy atom. The molecule has 1 heterocycles. The fourth-order valence-electron chi connectivity index (χ4n) is 1.29. The van der Waals surface area contributed by atoms with Crippen LogP contribution in [0.1, 0.15) is 13.3 Å². The minimum atomic E-state index is -0.346. The summed E-state index contributed by atoms with van der Waals surface area (Å²) in [7, 11) is 0. The molecule has 0 N–H and O–H groups in total. The lowest BCUT2D eigenvalue weighted by atomic mass is 10.1. The lowest BCUT2D eigenvalue weighted by Crippen LogP contribution is -2.24. The highest BCUT2D eigenvalue weighted by molar-refractivity contribution is 5.91. The fraction of sp³-hybridized carbons (Fsp3) is 0.500. The van der Waals surface area contributed by atoms with Gasteiger partial charge in [-0.25, -0.2) is 4.79 Å². The largest absolute Gasteiger partial charge is 0.456 e. The van der Waals surface area contributed by atoms with Gasteiger partial charge in [0, 0.05) is 0 Å². The van der Waals surface area contributed by atoms with Crippen LogP contribution < -0.4 is 0 Å². The van der Waals surface area contributed by atoms with Crippen molar-refractivity contribution in [2.75, 3.05) is 6.61 Å². The molecule has 0 aliphatic carbocycles. The van der Waals surface area contributed by atoms with Crippen LogP contribution >= 0.6 is 0 Å². The number of hydrogen-bond acceptors (Lipinski definition) is 3. The van der Waals surface area contributed by atoms with Gasteiger partial charge in [-0.2, -0.15) is 0 Å². The number of hydrogen-bond donors (Lipinski definition) is 0. The van der Waals surface area contributed by atoms with Crippen LogP contribution in [0.4, 0.5) is 0 Å². The summed E-state index contributed by atoms with van der Waals surface area (Å²) in [6.45, 7) is 9.53. The molecule has 0 amide bonds. The van der Waals surface area contributed by atoms with Crippen molar-refractivity contribution < 1.29 is 14.3 Å². The van der Waals surface area contributed by atoms with E-state index in [4.69, 9.17) is 9.47 Å². The lowest BCUT2D eigenvalue weighted by Gasteiger charge is -2.15. The predicted molar refractivity (Wildman–Crippen MR) is 49.2 cm³/mol. The first-order chi connectivity index (χ1) is 6.20. The summed E-state index contributed by atoms with van der Waals surface area (Å²) in [6.07, 6.45) is 1.91. The Kier molecular flexibility index (Phi) is 3.25. The third-order valence-electron chi connectivity index (χ3n) is 2.00. The van der Waals surface area contributed by atoms with E-state index in [9.17, 15) is 4.79 Å². The number of carbonyl (C=O) groups excluding carboxylic acids is 1. The van der Waals surface area contributed by atoms with Gasteiger partial charge in [0.1, 0.15) is 12.2 Å². The predicted octanol–water partition coefficient (Wildman–Crippen LogP) is 1.45. The summed E-state index contributed by atoms with van der Waals surface area (Å²) < 4.78 is 10.4. The number of carbonyl (C=O) groups is 1. The van der Waals surface area contributed by atoms with Crippen LogP contribution in [0.15, 0.2) is 24.8 Å². The average molecular weight is 182 g/mol. The first-order valence-corrected chi connectivity index (χ1v) is 4.33. The quantitative estimate of drug-likeness (QED) is 0.375. The van der Waals surface area contributed by atoms with E-state index in [-0.39, 0.29) is 18.2 Å². The van der Waals surface area contributed by atoms with Gasteiger partial charge in [0.15, 0.2) is 0 Å². The Balaban J connectivity index is 2.62. The van der Waals surface area contributed by atoms with Crippen LogP contribution in [-0.2, 0) is 14.3 Å². The third-order valence-corrected chi connectivity index (χ3v) is 2.00. The molecule has 13 heavy (non-hydrogen) atoms. The van der Waals surface area contributed by atoms with E-state index >= 15 is 0 Å². The summed E-state index contributed by atoms with van der Waals surface area (Å²) in [5.74, 6) is -0.346. The summed E-state index contributed by atoms with van der Waals surface area (Å²) in [6, 6.07) is 0. The second-order valence-electron chi connectivity index (χ2n) is 2.92. The minimum absolute atomic E-state index is 0.181. The van der Waals surface area contributed by atoms with Crippen molar-refractivity contribution in [3.8, 4) is 0 Å². The molecule has 0 radical (unpaired) electrons. The standard InChI is InChI=1S/C10H14O3/c1-4-6-12-9-7(3)10(11)13-8(9)5-2/h4,8-9H,1,3,5-6H2,2H3/t8-,9?/m0/s1. The Labute approximate surface area is 78.0 Å². The third kappa shape index (κ3) is 1.98. The molecule has 72 valence electrons. The van der Waals surface area contributed by atoms with Gasteiger partial charge >= 0.3 is 5.97 Å². The molecule has 3 nitrogen and oxygen atoms in total. The Morgan fingerprint density at radius 3 is 2.92 bits per heavy atom. The van der Waals surface area contributed by atoms with Crippen molar-refractivity contribution in [3.05, 3.63) is 24.8 Å². The summed E-state index contributed by atoms with van der Waals surface area (Å²) in [5.41, 5.74) is 0.411. The molecular formula is C10H14O3. The molecule has 1 aliphatic heterocycles. The molecule has 0 bridgehead atoms. The van der Waals surface area contributed by atoms with Crippen LogP contribution in [0.3, 0.4) is 0 Å². The smallest absolute Gasteiger partial charge is 0.336 e. The van der Waals surface area contributed by atoms with Crippen LogP contribution in [0.2, 0.25) is 0 Å². The normalized spacial score (nSPS) is 27.5. The van der Waals surface area contributed by atoms with E-state index < -0.39 is 0 Å². The fourth-order valence-corrected chi connectivity index (χ4v) is 1.29. The Hall–Kier alpha value is -1.09. The van der Waals surface area contributed by atoms with E-state index in [1.54, 1.807) is 6.08 Å². The van der Waals surface area contributed by atoms with Crippen molar-refractivity contribution in [1.29, 1.82) is 0 Å². The summed E-state index contributed by atoms with van der Waals surface area (Å²) in [5, 5.41) is 0. The molecule has 3 heteroatoms. The van der Waals surface area contributed by atoms with Gasteiger partial charge in [-0.3, -0.25) is 0 Å². The average Bonchev–Trinajstić information content (AvgIpc) is 2.40. The maximum absolute atomic E-state index is 11.1. The molecule has 1 rings (SSSR count). The van der Waals surface area contributed by atoms with E-state index in [0.717, 1.165) is 6.42 Å². The van der Waals surface area contributed by atoms with Crippen LogP contribution in [0.25, 0.3) is 0 Å². The second-order valence-corrected chi connectivity index (χ2v) is 2.92. The molecule has 1 unspecified atom stereocenters. The lowest BCUT2D eigenvalue weighted by molar-refractivity contribution is -0.140. The first kappa shape index (κ1) is 9.99. The molecule has 0 aromatic carbocycles. The van der Waals surface area contributed by atoms with Gasteiger partial charge in [-0.15, -0.1) is 6.58 Å².